The van der Waals surface area contributed by atoms with E-state index >= 15 is 0 Å². The molecule has 0 atom stereocenters. The summed E-state index contributed by atoms with van der Waals surface area (Å²) in [6, 6.07) is 15.4. The van der Waals surface area contributed by atoms with Gasteiger partial charge < -0.3 is 0 Å². The summed E-state index contributed by atoms with van der Waals surface area (Å²) in [5.74, 6) is -0.139. The molecule has 3 nitrogen and oxygen atoms in total. The van der Waals surface area contributed by atoms with Crippen LogP contribution >= 0.6 is 15.9 Å². The maximum absolute atomic E-state index is 11.8. The van der Waals surface area contributed by atoms with Gasteiger partial charge in [0.15, 0.2) is 0 Å². The summed E-state index contributed by atoms with van der Waals surface area (Å²) in [5, 5.41) is 0. The Morgan fingerprint density at radius 1 is 1.05 bits per heavy atom. The summed E-state index contributed by atoms with van der Waals surface area (Å²) in [7, 11) is 0. The lowest BCUT2D eigenvalue weighted by atomic mass is 10.1. The second-order valence-corrected chi connectivity index (χ2v) is 5.22. The van der Waals surface area contributed by atoms with Crippen molar-refractivity contribution >= 4 is 21.8 Å². The number of hydrazine groups is 1. The summed E-state index contributed by atoms with van der Waals surface area (Å²) < 4.78 is 0.955. The molecule has 2 aromatic carbocycles. The number of hydrogen-bond donors (Lipinski definition) is 2. The van der Waals surface area contributed by atoms with E-state index in [1.807, 2.05) is 43.3 Å². The lowest BCUT2D eigenvalue weighted by molar-refractivity contribution is 0.0932. The van der Waals surface area contributed by atoms with Gasteiger partial charge in [-0.25, -0.2) is 5.43 Å². The number of rotatable bonds is 4. The van der Waals surface area contributed by atoms with Crippen LogP contribution in [-0.2, 0) is 6.54 Å². The van der Waals surface area contributed by atoms with Gasteiger partial charge in [0, 0.05) is 16.6 Å². The van der Waals surface area contributed by atoms with E-state index in [0.717, 1.165) is 10.0 Å². The topological polar surface area (TPSA) is 41.1 Å². The van der Waals surface area contributed by atoms with Crippen LogP contribution in [0.5, 0.6) is 0 Å². The lowest BCUT2D eigenvalue weighted by Gasteiger charge is -2.07. The minimum Gasteiger partial charge on any atom is -0.287 e. The third kappa shape index (κ3) is 4.19. The highest BCUT2D eigenvalue weighted by atomic mass is 79.9. The molecule has 0 unspecified atom stereocenters. The normalized spacial score (nSPS) is 10.2. The highest BCUT2D eigenvalue weighted by molar-refractivity contribution is 9.10. The fourth-order valence-corrected chi connectivity index (χ4v) is 1.87. The Balaban J connectivity index is 1.84. The molecule has 0 aliphatic carbocycles. The summed E-state index contributed by atoms with van der Waals surface area (Å²) in [6.45, 7) is 2.65. The Kier molecular flexibility index (Phi) is 4.71. The number of hydrogen-bond acceptors (Lipinski definition) is 2. The standard InChI is InChI=1S/C15H15BrN2O/c1-11-2-4-12(5-3-11)10-17-18-15(19)13-6-8-14(16)9-7-13/h2-9,17H,10H2,1H3,(H,18,19). The molecule has 0 radical (unpaired) electrons. The molecule has 2 N–H and O–H groups in total. The van der Waals surface area contributed by atoms with Crippen LogP contribution in [0.2, 0.25) is 0 Å². The van der Waals surface area contributed by atoms with E-state index in [4.69, 9.17) is 0 Å². The van der Waals surface area contributed by atoms with Crippen LogP contribution in [0.25, 0.3) is 0 Å². The number of amides is 1. The van der Waals surface area contributed by atoms with E-state index in [2.05, 4.69) is 26.8 Å². The average Bonchev–Trinajstić information content (AvgIpc) is 2.41. The SMILES string of the molecule is Cc1ccc(CNNC(=O)c2ccc(Br)cc2)cc1. The van der Waals surface area contributed by atoms with Crippen molar-refractivity contribution in [2.45, 2.75) is 13.5 Å². The quantitative estimate of drug-likeness (QED) is 0.850. The van der Waals surface area contributed by atoms with E-state index in [1.54, 1.807) is 12.1 Å². The van der Waals surface area contributed by atoms with Crippen molar-refractivity contribution in [2.24, 2.45) is 0 Å². The molecule has 0 spiro atoms. The van der Waals surface area contributed by atoms with E-state index in [9.17, 15) is 4.79 Å². The van der Waals surface area contributed by atoms with Gasteiger partial charge in [0.2, 0.25) is 0 Å². The van der Waals surface area contributed by atoms with Gasteiger partial charge in [-0.3, -0.25) is 10.2 Å². The Morgan fingerprint density at radius 2 is 1.68 bits per heavy atom. The molecule has 1 amide bonds. The highest BCUT2D eigenvalue weighted by Gasteiger charge is 2.03. The molecule has 0 bridgehead atoms. The molecule has 2 aromatic rings. The molecule has 0 saturated carbocycles. The zero-order valence-electron chi connectivity index (χ0n) is 10.6. The van der Waals surface area contributed by atoms with Crippen LogP contribution in [-0.4, -0.2) is 5.91 Å². The van der Waals surface area contributed by atoms with Crippen molar-refractivity contribution in [3.8, 4) is 0 Å². The Labute approximate surface area is 121 Å². The van der Waals surface area contributed by atoms with Gasteiger partial charge in [0.1, 0.15) is 0 Å². The van der Waals surface area contributed by atoms with Gasteiger partial charge in [-0.2, -0.15) is 0 Å². The van der Waals surface area contributed by atoms with E-state index in [1.165, 1.54) is 5.56 Å². The monoisotopic (exact) mass is 318 g/mol. The van der Waals surface area contributed by atoms with Gasteiger partial charge >= 0.3 is 0 Å². The molecular weight excluding hydrogens is 304 g/mol. The first-order valence-corrected chi connectivity index (χ1v) is 6.79. The maximum atomic E-state index is 11.8. The Morgan fingerprint density at radius 3 is 2.32 bits per heavy atom. The van der Waals surface area contributed by atoms with E-state index in [0.29, 0.717) is 12.1 Å². The number of halogens is 1. The molecule has 0 aliphatic rings. The van der Waals surface area contributed by atoms with Gasteiger partial charge in [0.05, 0.1) is 0 Å². The van der Waals surface area contributed by atoms with E-state index < -0.39 is 0 Å². The highest BCUT2D eigenvalue weighted by Crippen LogP contribution is 2.10. The minimum absolute atomic E-state index is 0.139. The van der Waals surface area contributed by atoms with Crippen molar-refractivity contribution in [1.29, 1.82) is 0 Å². The molecule has 0 saturated heterocycles. The van der Waals surface area contributed by atoms with Crippen molar-refractivity contribution in [3.05, 3.63) is 69.7 Å². The predicted molar refractivity (Wildman–Crippen MR) is 79.6 cm³/mol. The second kappa shape index (κ2) is 6.50. The molecular formula is C15H15BrN2O. The Hall–Kier alpha value is -1.65. The number of aryl methyl sites for hydroxylation is 1. The van der Waals surface area contributed by atoms with Crippen LogP contribution in [0.15, 0.2) is 53.0 Å². The smallest absolute Gasteiger partial charge is 0.265 e. The van der Waals surface area contributed by atoms with Crippen LogP contribution in [0, 0.1) is 6.92 Å². The Bertz CT molecular complexity index is 549. The lowest BCUT2D eigenvalue weighted by Crippen LogP contribution is -2.36. The number of carbonyl (C=O) groups excluding carboxylic acids is 1. The van der Waals surface area contributed by atoms with Gasteiger partial charge in [-0.1, -0.05) is 45.8 Å². The van der Waals surface area contributed by atoms with Gasteiger partial charge in [0.25, 0.3) is 5.91 Å². The average molecular weight is 319 g/mol. The largest absolute Gasteiger partial charge is 0.287 e. The molecule has 2 rings (SSSR count). The molecule has 0 aromatic heterocycles. The first-order valence-electron chi connectivity index (χ1n) is 5.99. The predicted octanol–water partition coefficient (Wildman–Crippen LogP) is 3.19. The minimum atomic E-state index is -0.139. The van der Waals surface area contributed by atoms with Crippen molar-refractivity contribution < 1.29 is 4.79 Å². The van der Waals surface area contributed by atoms with Crippen LogP contribution in [0.1, 0.15) is 21.5 Å². The van der Waals surface area contributed by atoms with Crippen molar-refractivity contribution in [3.63, 3.8) is 0 Å². The number of carbonyl (C=O) groups is 1. The molecule has 19 heavy (non-hydrogen) atoms. The zero-order valence-corrected chi connectivity index (χ0v) is 12.2. The van der Waals surface area contributed by atoms with Crippen molar-refractivity contribution in [2.75, 3.05) is 0 Å². The summed E-state index contributed by atoms with van der Waals surface area (Å²) in [6.07, 6.45) is 0. The van der Waals surface area contributed by atoms with E-state index in [-0.39, 0.29) is 5.91 Å². The second-order valence-electron chi connectivity index (χ2n) is 4.30. The van der Waals surface area contributed by atoms with Gasteiger partial charge in [-0.05, 0) is 36.8 Å². The molecule has 4 heteroatoms. The summed E-state index contributed by atoms with van der Waals surface area (Å²) in [4.78, 5) is 11.8. The fraction of sp³-hybridized carbons (Fsp3) is 0.133. The van der Waals surface area contributed by atoms with Gasteiger partial charge in [-0.15, -0.1) is 0 Å². The molecule has 98 valence electrons. The molecule has 0 aliphatic heterocycles. The first-order chi connectivity index (χ1) is 9.15. The third-order valence-electron chi connectivity index (χ3n) is 2.72. The maximum Gasteiger partial charge on any atom is 0.265 e. The first kappa shape index (κ1) is 13.8. The summed E-state index contributed by atoms with van der Waals surface area (Å²) in [5.41, 5.74) is 8.58. The molecule has 0 fully saturated rings. The van der Waals surface area contributed by atoms with Crippen LogP contribution in [0.3, 0.4) is 0 Å². The van der Waals surface area contributed by atoms with Crippen LogP contribution in [0.4, 0.5) is 0 Å². The fourth-order valence-electron chi connectivity index (χ4n) is 1.61. The number of nitrogens with one attached hydrogen (secondary N) is 2. The number of benzene rings is 2. The van der Waals surface area contributed by atoms with Crippen LogP contribution < -0.4 is 10.9 Å². The zero-order chi connectivity index (χ0) is 13.7. The van der Waals surface area contributed by atoms with Crippen molar-refractivity contribution in [1.82, 2.24) is 10.9 Å². The summed E-state index contributed by atoms with van der Waals surface area (Å²) >= 11 is 3.34. The molecule has 0 heterocycles. The third-order valence-corrected chi connectivity index (χ3v) is 3.25.